The normalized spacial score (nSPS) is 28.5. The fraction of sp³-hybridized carbons (Fsp3) is 0.909. The molecule has 1 aliphatic carbocycles. The number of hydrogen-bond donors (Lipinski definition) is 2. The van der Waals surface area contributed by atoms with Crippen LogP contribution in [-0.2, 0) is 9.53 Å². The van der Waals surface area contributed by atoms with Crippen LogP contribution in [0.25, 0.3) is 0 Å². The summed E-state index contributed by atoms with van der Waals surface area (Å²) in [7, 11) is 0. The minimum atomic E-state index is -0.384. The van der Waals surface area contributed by atoms with Crippen LogP contribution in [0, 0.1) is 0 Å². The molecule has 88 valence electrons. The predicted octanol–water partition coefficient (Wildman–Crippen LogP) is 0.831. The summed E-state index contributed by atoms with van der Waals surface area (Å²) in [6.07, 6.45) is 2.84. The number of amides is 1. The molecule has 0 aromatic carbocycles. The summed E-state index contributed by atoms with van der Waals surface area (Å²) in [4.78, 5) is 11.4. The maximum Gasteiger partial charge on any atom is 0.248 e. The first kappa shape index (κ1) is 12.5. The Balaban J connectivity index is 2.25. The lowest BCUT2D eigenvalue weighted by molar-refractivity contribution is -0.137. The Hall–Kier alpha value is -0.610. The third-order valence-electron chi connectivity index (χ3n) is 2.76. The van der Waals surface area contributed by atoms with Gasteiger partial charge in [0.1, 0.15) is 6.10 Å². The van der Waals surface area contributed by atoms with Crippen molar-refractivity contribution in [3.05, 3.63) is 0 Å². The van der Waals surface area contributed by atoms with Crippen LogP contribution in [0.15, 0.2) is 0 Å². The summed E-state index contributed by atoms with van der Waals surface area (Å²) in [6.45, 7) is 4.30. The van der Waals surface area contributed by atoms with Crippen LogP contribution in [-0.4, -0.2) is 35.9 Å². The number of carbonyl (C=O) groups excluding carboxylic acids is 1. The van der Waals surface area contributed by atoms with Crippen molar-refractivity contribution < 1.29 is 14.6 Å². The molecule has 0 aliphatic heterocycles. The summed E-state index contributed by atoms with van der Waals surface area (Å²) in [5.74, 6) is -0.0522. The zero-order valence-electron chi connectivity index (χ0n) is 9.53. The Morgan fingerprint density at radius 1 is 1.47 bits per heavy atom. The molecule has 2 N–H and O–H groups in total. The van der Waals surface area contributed by atoms with Crippen molar-refractivity contribution >= 4 is 5.91 Å². The van der Waals surface area contributed by atoms with Crippen LogP contribution in [0.5, 0.6) is 0 Å². The average Bonchev–Trinajstić information content (AvgIpc) is 2.22. The van der Waals surface area contributed by atoms with E-state index in [0.717, 1.165) is 25.7 Å². The largest absolute Gasteiger partial charge is 0.393 e. The lowest BCUT2D eigenvalue weighted by atomic mass is 9.95. The molecule has 0 saturated heterocycles. The molecule has 1 saturated carbocycles. The first-order valence-corrected chi connectivity index (χ1v) is 5.74. The topological polar surface area (TPSA) is 58.6 Å². The summed E-state index contributed by atoms with van der Waals surface area (Å²) < 4.78 is 5.63. The van der Waals surface area contributed by atoms with Crippen molar-refractivity contribution in [1.82, 2.24) is 5.32 Å². The molecule has 0 spiro atoms. The van der Waals surface area contributed by atoms with E-state index in [1.165, 1.54) is 0 Å². The summed E-state index contributed by atoms with van der Waals surface area (Å²) in [6, 6.07) is 0. The SMILES string of the molecule is CCNC(=O)C(C)OC1CCC(O)CC1. The number of aliphatic hydroxyl groups excluding tert-OH is 1. The highest BCUT2D eigenvalue weighted by Gasteiger charge is 2.23. The van der Waals surface area contributed by atoms with E-state index in [2.05, 4.69) is 5.32 Å². The zero-order chi connectivity index (χ0) is 11.3. The van der Waals surface area contributed by atoms with E-state index in [9.17, 15) is 9.90 Å². The van der Waals surface area contributed by atoms with Gasteiger partial charge < -0.3 is 15.2 Å². The number of ether oxygens (including phenoxy) is 1. The molecule has 1 rings (SSSR count). The molecular formula is C11H21NO3. The van der Waals surface area contributed by atoms with Crippen molar-refractivity contribution in [3.63, 3.8) is 0 Å². The number of carbonyl (C=O) groups is 1. The van der Waals surface area contributed by atoms with Crippen LogP contribution in [0.4, 0.5) is 0 Å². The lowest BCUT2D eigenvalue weighted by Crippen LogP contribution is -2.38. The highest BCUT2D eigenvalue weighted by molar-refractivity contribution is 5.80. The number of likely N-dealkylation sites (N-methyl/N-ethyl adjacent to an activating group) is 1. The van der Waals surface area contributed by atoms with Gasteiger partial charge in [-0.2, -0.15) is 0 Å². The lowest BCUT2D eigenvalue weighted by Gasteiger charge is -2.27. The Bertz CT molecular complexity index is 200. The van der Waals surface area contributed by atoms with Gasteiger partial charge in [0.2, 0.25) is 5.91 Å². The van der Waals surface area contributed by atoms with E-state index in [-0.39, 0.29) is 24.2 Å². The van der Waals surface area contributed by atoms with E-state index in [1.54, 1.807) is 6.92 Å². The molecule has 4 nitrogen and oxygen atoms in total. The second kappa shape index (κ2) is 6.08. The Morgan fingerprint density at radius 2 is 2.07 bits per heavy atom. The molecule has 0 aromatic heterocycles. The number of aliphatic hydroxyl groups is 1. The van der Waals surface area contributed by atoms with Gasteiger partial charge in [-0.1, -0.05) is 0 Å². The summed E-state index contributed by atoms with van der Waals surface area (Å²) in [5, 5.41) is 12.0. The highest BCUT2D eigenvalue weighted by Crippen LogP contribution is 2.21. The van der Waals surface area contributed by atoms with Crippen molar-refractivity contribution in [2.24, 2.45) is 0 Å². The second-order valence-electron chi connectivity index (χ2n) is 4.10. The van der Waals surface area contributed by atoms with Gasteiger partial charge in [-0.15, -0.1) is 0 Å². The van der Waals surface area contributed by atoms with Crippen LogP contribution in [0.3, 0.4) is 0 Å². The van der Waals surface area contributed by atoms with E-state index in [4.69, 9.17) is 4.74 Å². The van der Waals surface area contributed by atoms with Gasteiger partial charge in [0.25, 0.3) is 0 Å². The average molecular weight is 215 g/mol. The molecule has 0 heterocycles. The highest BCUT2D eigenvalue weighted by atomic mass is 16.5. The van der Waals surface area contributed by atoms with Crippen LogP contribution in [0.2, 0.25) is 0 Å². The van der Waals surface area contributed by atoms with Crippen LogP contribution < -0.4 is 5.32 Å². The molecule has 1 amide bonds. The first-order valence-electron chi connectivity index (χ1n) is 5.74. The van der Waals surface area contributed by atoms with Crippen molar-refractivity contribution in [2.75, 3.05) is 6.54 Å². The van der Waals surface area contributed by atoms with Crippen LogP contribution in [0.1, 0.15) is 39.5 Å². The maximum atomic E-state index is 11.4. The third kappa shape index (κ3) is 4.18. The first-order chi connectivity index (χ1) is 7.13. The van der Waals surface area contributed by atoms with Crippen molar-refractivity contribution in [2.45, 2.75) is 57.8 Å². The standard InChI is InChI=1S/C11H21NO3/c1-3-12-11(14)8(2)15-10-6-4-9(13)5-7-10/h8-10,13H,3-7H2,1-2H3,(H,12,14). The van der Waals surface area contributed by atoms with Gasteiger partial charge in [0, 0.05) is 6.54 Å². The molecule has 1 fully saturated rings. The molecule has 0 radical (unpaired) electrons. The van der Waals surface area contributed by atoms with Gasteiger partial charge >= 0.3 is 0 Å². The predicted molar refractivity (Wildman–Crippen MR) is 57.5 cm³/mol. The Kier molecular flexibility index (Phi) is 5.05. The zero-order valence-corrected chi connectivity index (χ0v) is 9.53. The van der Waals surface area contributed by atoms with E-state index in [0.29, 0.717) is 6.54 Å². The van der Waals surface area contributed by atoms with Gasteiger partial charge in [0.05, 0.1) is 12.2 Å². The van der Waals surface area contributed by atoms with Crippen molar-refractivity contribution in [3.8, 4) is 0 Å². The molecule has 1 aliphatic rings. The number of rotatable bonds is 4. The Labute approximate surface area is 91.0 Å². The summed E-state index contributed by atoms with van der Waals surface area (Å²) in [5.41, 5.74) is 0. The molecule has 0 bridgehead atoms. The Morgan fingerprint density at radius 3 is 2.60 bits per heavy atom. The third-order valence-corrected chi connectivity index (χ3v) is 2.76. The van der Waals surface area contributed by atoms with Gasteiger partial charge in [-0.05, 0) is 39.5 Å². The summed E-state index contributed by atoms with van der Waals surface area (Å²) >= 11 is 0. The van der Waals surface area contributed by atoms with E-state index < -0.39 is 0 Å². The molecule has 15 heavy (non-hydrogen) atoms. The maximum absolute atomic E-state index is 11.4. The van der Waals surface area contributed by atoms with E-state index >= 15 is 0 Å². The second-order valence-corrected chi connectivity index (χ2v) is 4.10. The number of hydrogen-bond acceptors (Lipinski definition) is 3. The molecular weight excluding hydrogens is 194 g/mol. The minimum absolute atomic E-state index is 0.0522. The fourth-order valence-electron chi connectivity index (χ4n) is 1.85. The monoisotopic (exact) mass is 215 g/mol. The van der Waals surface area contributed by atoms with E-state index in [1.807, 2.05) is 6.92 Å². The van der Waals surface area contributed by atoms with Gasteiger partial charge in [-0.25, -0.2) is 0 Å². The van der Waals surface area contributed by atoms with Gasteiger partial charge in [0.15, 0.2) is 0 Å². The molecule has 0 aromatic rings. The smallest absolute Gasteiger partial charge is 0.248 e. The molecule has 1 unspecified atom stereocenters. The van der Waals surface area contributed by atoms with Crippen LogP contribution >= 0.6 is 0 Å². The molecule has 4 heteroatoms. The fourth-order valence-corrected chi connectivity index (χ4v) is 1.85. The van der Waals surface area contributed by atoms with Crippen molar-refractivity contribution in [1.29, 1.82) is 0 Å². The number of nitrogens with one attached hydrogen (secondary N) is 1. The molecule has 1 atom stereocenters. The van der Waals surface area contributed by atoms with Gasteiger partial charge in [-0.3, -0.25) is 4.79 Å². The quantitative estimate of drug-likeness (QED) is 0.730. The minimum Gasteiger partial charge on any atom is -0.393 e.